The van der Waals surface area contributed by atoms with Crippen LogP contribution in [0.15, 0.2) is 30.3 Å². The summed E-state index contributed by atoms with van der Waals surface area (Å²) >= 11 is 0. The van der Waals surface area contributed by atoms with Gasteiger partial charge in [0.1, 0.15) is 6.04 Å². The zero-order valence-corrected chi connectivity index (χ0v) is 16.2. The van der Waals surface area contributed by atoms with E-state index in [4.69, 9.17) is 15.6 Å². The molecule has 29 heavy (non-hydrogen) atoms. The third-order valence-corrected chi connectivity index (χ3v) is 3.99. The Balaban J connectivity index is 2.79. The van der Waals surface area contributed by atoms with Crippen molar-refractivity contribution in [2.45, 2.75) is 44.3 Å². The van der Waals surface area contributed by atoms with Crippen molar-refractivity contribution in [1.29, 1.82) is 0 Å². The number of carboxylic acids is 1. The van der Waals surface area contributed by atoms with Crippen LogP contribution in [0.5, 0.6) is 0 Å². The number of aliphatic hydroxyl groups is 1. The monoisotopic (exact) mass is 409 g/mol. The van der Waals surface area contributed by atoms with Crippen LogP contribution in [0.2, 0.25) is 0 Å². The lowest BCUT2D eigenvalue weighted by Crippen LogP contribution is -2.55. The number of amides is 2. The summed E-state index contributed by atoms with van der Waals surface area (Å²) < 4.78 is 4.74. The van der Waals surface area contributed by atoms with Gasteiger partial charge in [-0.2, -0.15) is 0 Å². The molecule has 0 bridgehead atoms. The van der Waals surface area contributed by atoms with Gasteiger partial charge in [0.05, 0.1) is 19.3 Å². The summed E-state index contributed by atoms with van der Waals surface area (Å²) in [5.74, 6) is -3.46. The van der Waals surface area contributed by atoms with Gasteiger partial charge in [-0.25, -0.2) is 4.79 Å². The highest BCUT2D eigenvalue weighted by molar-refractivity contribution is 5.92. The predicted molar refractivity (Wildman–Crippen MR) is 103 cm³/mol. The number of hydrogen-bond donors (Lipinski definition) is 5. The van der Waals surface area contributed by atoms with E-state index in [1.54, 1.807) is 31.2 Å². The minimum Gasteiger partial charge on any atom is -0.481 e. The van der Waals surface area contributed by atoms with Crippen molar-refractivity contribution in [3.05, 3.63) is 35.9 Å². The van der Waals surface area contributed by atoms with E-state index < -0.39 is 54.9 Å². The number of hydrogen-bond acceptors (Lipinski definition) is 7. The highest BCUT2D eigenvalue weighted by Crippen LogP contribution is 2.04. The van der Waals surface area contributed by atoms with E-state index in [0.717, 1.165) is 5.56 Å². The van der Waals surface area contributed by atoms with Crippen molar-refractivity contribution < 1.29 is 34.1 Å². The molecule has 0 fully saturated rings. The third kappa shape index (κ3) is 8.71. The number of rotatable bonds is 12. The average Bonchev–Trinajstić information content (AvgIpc) is 2.69. The molecule has 160 valence electrons. The van der Waals surface area contributed by atoms with E-state index in [0.29, 0.717) is 0 Å². The van der Waals surface area contributed by atoms with Crippen LogP contribution in [-0.4, -0.2) is 65.3 Å². The molecule has 0 saturated carbocycles. The maximum Gasteiger partial charge on any atom is 0.331 e. The molecule has 6 N–H and O–H groups in total. The Hall–Kier alpha value is -2.98. The van der Waals surface area contributed by atoms with E-state index in [2.05, 4.69) is 10.6 Å². The zero-order chi connectivity index (χ0) is 21.8. The Morgan fingerprint density at radius 3 is 2.24 bits per heavy atom. The number of carbonyl (C=O) groups is 4. The summed E-state index contributed by atoms with van der Waals surface area (Å²) in [6, 6.07) is 5.48. The molecule has 0 saturated heterocycles. The fraction of sp³-hybridized carbons (Fsp3) is 0.474. The normalized spacial score (nSPS) is 13.6. The molecule has 0 heterocycles. The summed E-state index contributed by atoms with van der Waals surface area (Å²) in [4.78, 5) is 47.5. The van der Waals surface area contributed by atoms with E-state index in [1.165, 1.54) is 0 Å². The van der Waals surface area contributed by atoms with Gasteiger partial charge < -0.3 is 31.3 Å². The first-order valence-corrected chi connectivity index (χ1v) is 9.18. The molecule has 0 radical (unpaired) electrons. The molecule has 0 aliphatic carbocycles. The second-order valence-corrected chi connectivity index (χ2v) is 6.29. The number of aliphatic hydroxyl groups excluding tert-OH is 1. The number of ether oxygens (including phenoxy) is 1. The number of carboxylic acid groups (broad SMARTS) is 1. The minimum absolute atomic E-state index is 0.0543. The molecule has 3 atom stereocenters. The molecule has 0 spiro atoms. The van der Waals surface area contributed by atoms with Crippen LogP contribution < -0.4 is 16.4 Å². The molecular weight excluding hydrogens is 382 g/mol. The number of aliphatic carboxylic acids is 1. The fourth-order valence-electron chi connectivity index (χ4n) is 2.47. The van der Waals surface area contributed by atoms with Gasteiger partial charge in [-0.1, -0.05) is 30.3 Å². The first kappa shape index (κ1) is 24.1. The van der Waals surface area contributed by atoms with Crippen molar-refractivity contribution in [3.8, 4) is 0 Å². The lowest BCUT2D eigenvalue weighted by molar-refractivity contribution is -0.149. The predicted octanol–water partition coefficient (Wildman–Crippen LogP) is -1.05. The summed E-state index contributed by atoms with van der Waals surface area (Å²) in [6.07, 6.45) is -0.385. The highest BCUT2D eigenvalue weighted by atomic mass is 16.5. The lowest BCUT2D eigenvalue weighted by atomic mass is 10.0. The molecule has 0 aromatic heterocycles. The van der Waals surface area contributed by atoms with E-state index >= 15 is 0 Å². The highest BCUT2D eigenvalue weighted by Gasteiger charge is 2.28. The largest absolute Gasteiger partial charge is 0.481 e. The minimum atomic E-state index is -1.33. The van der Waals surface area contributed by atoms with E-state index in [9.17, 15) is 24.3 Å². The van der Waals surface area contributed by atoms with Crippen molar-refractivity contribution in [1.82, 2.24) is 10.6 Å². The standard InChI is InChI=1S/C19H27N3O7/c1-2-29-19(28)15(11-23)22-18(27)14(8-9-16(24)25)21-17(26)13(20)10-12-6-4-3-5-7-12/h3-7,13-15,23H,2,8-11,20H2,1H3,(H,21,26)(H,22,27)(H,24,25)/t13-,14-,15-/m0/s1. The molecule has 1 rings (SSSR count). The third-order valence-electron chi connectivity index (χ3n) is 3.99. The Morgan fingerprint density at radius 1 is 1.07 bits per heavy atom. The maximum absolute atomic E-state index is 12.5. The maximum atomic E-state index is 12.5. The first-order valence-electron chi connectivity index (χ1n) is 9.18. The van der Waals surface area contributed by atoms with Gasteiger partial charge in [0, 0.05) is 6.42 Å². The zero-order valence-electron chi connectivity index (χ0n) is 16.2. The number of esters is 1. The smallest absolute Gasteiger partial charge is 0.331 e. The number of benzene rings is 1. The van der Waals surface area contributed by atoms with Gasteiger partial charge in [0.2, 0.25) is 11.8 Å². The fourth-order valence-corrected chi connectivity index (χ4v) is 2.47. The van der Waals surface area contributed by atoms with Crippen LogP contribution >= 0.6 is 0 Å². The van der Waals surface area contributed by atoms with Crippen LogP contribution in [0, 0.1) is 0 Å². The summed E-state index contributed by atoms with van der Waals surface area (Å²) in [5.41, 5.74) is 6.72. The first-order chi connectivity index (χ1) is 13.8. The molecule has 0 aliphatic heterocycles. The molecule has 0 unspecified atom stereocenters. The van der Waals surface area contributed by atoms with Crippen LogP contribution in [-0.2, 0) is 30.3 Å². The second kappa shape index (κ2) is 12.5. The van der Waals surface area contributed by atoms with Crippen LogP contribution in [0.25, 0.3) is 0 Å². The van der Waals surface area contributed by atoms with Gasteiger partial charge in [-0.15, -0.1) is 0 Å². The van der Waals surface area contributed by atoms with Gasteiger partial charge in [-0.05, 0) is 25.3 Å². The molecule has 1 aromatic rings. The molecular formula is C19H27N3O7. The molecule has 2 amide bonds. The molecule has 10 heteroatoms. The average molecular weight is 409 g/mol. The Morgan fingerprint density at radius 2 is 1.69 bits per heavy atom. The van der Waals surface area contributed by atoms with Gasteiger partial charge >= 0.3 is 11.9 Å². The van der Waals surface area contributed by atoms with Crippen LogP contribution in [0.4, 0.5) is 0 Å². The molecule has 0 aliphatic rings. The van der Waals surface area contributed by atoms with Gasteiger partial charge in [0.25, 0.3) is 0 Å². The quantitative estimate of drug-likeness (QED) is 0.272. The Labute approximate surface area is 168 Å². The lowest BCUT2D eigenvalue weighted by Gasteiger charge is -2.22. The van der Waals surface area contributed by atoms with Crippen molar-refractivity contribution in [3.63, 3.8) is 0 Å². The Kier molecular flexibility index (Phi) is 10.3. The van der Waals surface area contributed by atoms with Gasteiger partial charge in [-0.3, -0.25) is 14.4 Å². The van der Waals surface area contributed by atoms with Crippen molar-refractivity contribution in [2.24, 2.45) is 5.73 Å². The Bertz CT molecular complexity index is 696. The number of nitrogens with two attached hydrogens (primary N) is 1. The topological polar surface area (TPSA) is 168 Å². The van der Waals surface area contributed by atoms with Crippen molar-refractivity contribution >= 4 is 23.8 Å². The van der Waals surface area contributed by atoms with Crippen molar-refractivity contribution in [2.75, 3.05) is 13.2 Å². The summed E-state index contributed by atoms with van der Waals surface area (Å²) in [6.45, 7) is 0.911. The SMILES string of the molecule is CCOC(=O)[C@H](CO)NC(=O)[C@H](CCC(=O)O)NC(=O)[C@@H](N)Cc1ccccc1. The van der Waals surface area contributed by atoms with E-state index in [1.807, 2.05) is 6.07 Å². The molecule has 10 nitrogen and oxygen atoms in total. The summed E-state index contributed by atoms with van der Waals surface area (Å²) in [7, 11) is 0. The second-order valence-electron chi connectivity index (χ2n) is 6.29. The van der Waals surface area contributed by atoms with E-state index in [-0.39, 0.29) is 19.4 Å². The summed E-state index contributed by atoms with van der Waals surface area (Å²) in [5, 5.41) is 22.9. The molecule has 1 aromatic carbocycles. The number of carbonyl (C=O) groups excluding carboxylic acids is 3. The number of nitrogens with one attached hydrogen (secondary N) is 2. The van der Waals surface area contributed by atoms with Crippen LogP contribution in [0.3, 0.4) is 0 Å². The van der Waals surface area contributed by atoms with Crippen LogP contribution in [0.1, 0.15) is 25.3 Å². The van der Waals surface area contributed by atoms with Gasteiger partial charge in [0.15, 0.2) is 6.04 Å².